The van der Waals surface area contributed by atoms with Gasteiger partial charge in [-0.3, -0.25) is 9.59 Å². The number of aryl methyl sites for hydroxylation is 2. The molecule has 1 aliphatic carbocycles. The van der Waals surface area contributed by atoms with Crippen molar-refractivity contribution >= 4 is 17.6 Å². The lowest BCUT2D eigenvalue weighted by molar-refractivity contribution is -0.148. The molecule has 0 spiro atoms. The zero-order chi connectivity index (χ0) is 15.2. The van der Waals surface area contributed by atoms with Gasteiger partial charge in [0.1, 0.15) is 0 Å². The highest BCUT2D eigenvalue weighted by atomic mass is 16.5. The highest BCUT2D eigenvalue weighted by Crippen LogP contribution is 2.27. The molecule has 1 N–H and O–H groups in total. The Hall–Kier alpha value is -1.84. The van der Waals surface area contributed by atoms with Gasteiger partial charge in [0.15, 0.2) is 6.61 Å². The van der Waals surface area contributed by atoms with Gasteiger partial charge in [0, 0.05) is 12.1 Å². The largest absolute Gasteiger partial charge is 0.456 e. The van der Waals surface area contributed by atoms with Gasteiger partial charge in [-0.25, -0.2) is 0 Å². The van der Waals surface area contributed by atoms with E-state index in [-0.39, 0.29) is 18.5 Å². The summed E-state index contributed by atoms with van der Waals surface area (Å²) in [4.78, 5) is 23.5. The predicted molar refractivity (Wildman–Crippen MR) is 82.1 cm³/mol. The Morgan fingerprint density at radius 1 is 1.14 bits per heavy atom. The molecule has 4 nitrogen and oxygen atoms in total. The highest BCUT2D eigenvalue weighted by molar-refractivity contribution is 5.92. The Kier molecular flexibility index (Phi) is 5.37. The molecule has 0 atom stereocenters. The molecule has 1 aromatic rings. The first-order valence-electron chi connectivity index (χ1n) is 7.56. The van der Waals surface area contributed by atoms with Crippen LogP contribution >= 0.6 is 0 Å². The fourth-order valence-corrected chi connectivity index (χ4v) is 2.90. The standard InChI is InChI=1S/C17H23NO3/c1-12-7-13(2)9-15(8-12)18-16(19)11-21-17(20)10-14-5-3-4-6-14/h7-9,14H,3-6,10-11H2,1-2H3,(H,18,19). The van der Waals surface area contributed by atoms with Gasteiger partial charge in [-0.15, -0.1) is 0 Å². The van der Waals surface area contributed by atoms with E-state index >= 15 is 0 Å². The molecular weight excluding hydrogens is 266 g/mol. The number of hydrogen-bond donors (Lipinski definition) is 1. The number of carbonyl (C=O) groups is 2. The number of rotatable bonds is 5. The molecule has 114 valence electrons. The molecule has 0 aliphatic heterocycles. The van der Waals surface area contributed by atoms with Crippen molar-refractivity contribution in [2.24, 2.45) is 5.92 Å². The van der Waals surface area contributed by atoms with E-state index in [1.165, 1.54) is 12.8 Å². The van der Waals surface area contributed by atoms with Gasteiger partial charge in [0.2, 0.25) is 0 Å². The zero-order valence-corrected chi connectivity index (χ0v) is 12.8. The third-order valence-electron chi connectivity index (χ3n) is 3.80. The summed E-state index contributed by atoms with van der Waals surface area (Å²) in [5.41, 5.74) is 2.91. The molecule has 1 fully saturated rings. The van der Waals surface area contributed by atoms with Crippen molar-refractivity contribution in [3.63, 3.8) is 0 Å². The van der Waals surface area contributed by atoms with E-state index in [4.69, 9.17) is 4.74 Å². The van der Waals surface area contributed by atoms with E-state index in [2.05, 4.69) is 5.32 Å². The zero-order valence-electron chi connectivity index (χ0n) is 12.8. The van der Waals surface area contributed by atoms with Crippen LogP contribution in [0.2, 0.25) is 0 Å². The monoisotopic (exact) mass is 289 g/mol. The van der Waals surface area contributed by atoms with Gasteiger partial charge in [-0.1, -0.05) is 18.9 Å². The average molecular weight is 289 g/mol. The average Bonchev–Trinajstić information content (AvgIpc) is 2.88. The topological polar surface area (TPSA) is 55.4 Å². The minimum Gasteiger partial charge on any atom is -0.456 e. The van der Waals surface area contributed by atoms with Gasteiger partial charge < -0.3 is 10.1 Å². The summed E-state index contributed by atoms with van der Waals surface area (Å²) in [6.45, 7) is 3.74. The maximum atomic E-state index is 11.8. The lowest BCUT2D eigenvalue weighted by Gasteiger charge is -2.10. The maximum Gasteiger partial charge on any atom is 0.306 e. The van der Waals surface area contributed by atoms with Crippen LogP contribution in [0.3, 0.4) is 0 Å². The van der Waals surface area contributed by atoms with E-state index in [0.717, 1.165) is 29.7 Å². The van der Waals surface area contributed by atoms with E-state index in [9.17, 15) is 9.59 Å². The minimum absolute atomic E-state index is 0.210. The first-order chi connectivity index (χ1) is 10.0. The molecule has 2 rings (SSSR count). The predicted octanol–water partition coefficient (Wildman–Crippen LogP) is 3.37. The van der Waals surface area contributed by atoms with Crippen LogP contribution in [0.5, 0.6) is 0 Å². The summed E-state index contributed by atoms with van der Waals surface area (Å²) in [6.07, 6.45) is 5.04. The van der Waals surface area contributed by atoms with Gasteiger partial charge in [-0.2, -0.15) is 0 Å². The second-order valence-electron chi connectivity index (χ2n) is 5.94. The minimum atomic E-state index is -0.292. The third kappa shape index (κ3) is 5.21. The van der Waals surface area contributed by atoms with Crippen LogP contribution in [0.25, 0.3) is 0 Å². The van der Waals surface area contributed by atoms with Crippen molar-refractivity contribution in [3.8, 4) is 0 Å². The number of esters is 1. The summed E-state index contributed by atoms with van der Waals surface area (Å²) in [6, 6.07) is 5.83. The summed E-state index contributed by atoms with van der Waals surface area (Å²) in [7, 11) is 0. The van der Waals surface area contributed by atoms with Crippen molar-refractivity contribution in [3.05, 3.63) is 29.3 Å². The number of carbonyl (C=O) groups excluding carboxylic acids is 2. The number of hydrogen-bond acceptors (Lipinski definition) is 3. The third-order valence-corrected chi connectivity index (χ3v) is 3.80. The molecule has 1 saturated carbocycles. The van der Waals surface area contributed by atoms with Gasteiger partial charge in [-0.05, 0) is 55.9 Å². The fraction of sp³-hybridized carbons (Fsp3) is 0.529. The van der Waals surface area contributed by atoms with Crippen LogP contribution in [0.4, 0.5) is 5.69 Å². The summed E-state index contributed by atoms with van der Waals surface area (Å²) in [5, 5.41) is 2.76. The highest BCUT2D eigenvalue weighted by Gasteiger charge is 2.19. The van der Waals surface area contributed by atoms with Crippen molar-refractivity contribution in [2.45, 2.75) is 46.0 Å². The van der Waals surface area contributed by atoms with Gasteiger partial charge >= 0.3 is 5.97 Å². The Morgan fingerprint density at radius 2 is 1.76 bits per heavy atom. The maximum absolute atomic E-state index is 11.8. The van der Waals surface area contributed by atoms with Gasteiger partial charge in [0.05, 0.1) is 0 Å². The molecule has 1 amide bonds. The summed E-state index contributed by atoms with van der Waals surface area (Å²) in [5.74, 6) is -0.114. The van der Waals surface area contributed by atoms with Crippen LogP contribution in [-0.2, 0) is 14.3 Å². The molecule has 0 bridgehead atoms. The number of ether oxygens (including phenoxy) is 1. The quantitative estimate of drug-likeness (QED) is 0.846. The Bertz CT molecular complexity index is 499. The first-order valence-corrected chi connectivity index (χ1v) is 7.56. The summed E-state index contributed by atoms with van der Waals surface area (Å²) < 4.78 is 5.05. The van der Waals surface area contributed by atoms with Crippen LogP contribution in [0.15, 0.2) is 18.2 Å². The molecule has 1 aromatic carbocycles. The summed E-state index contributed by atoms with van der Waals surface area (Å²) >= 11 is 0. The normalized spacial score (nSPS) is 15.0. The Balaban J connectivity index is 1.75. The Labute approximate surface area is 125 Å². The number of nitrogens with one attached hydrogen (secondary N) is 1. The molecule has 21 heavy (non-hydrogen) atoms. The lowest BCUT2D eigenvalue weighted by Crippen LogP contribution is -2.21. The van der Waals surface area contributed by atoms with Crippen LogP contribution in [-0.4, -0.2) is 18.5 Å². The van der Waals surface area contributed by atoms with Crippen LogP contribution in [0, 0.1) is 19.8 Å². The number of anilines is 1. The second kappa shape index (κ2) is 7.25. The molecule has 0 radical (unpaired) electrons. The van der Waals surface area contributed by atoms with Crippen LogP contribution < -0.4 is 5.32 Å². The van der Waals surface area contributed by atoms with E-state index in [1.807, 2.05) is 32.0 Å². The van der Waals surface area contributed by atoms with Crippen LogP contribution in [0.1, 0.15) is 43.2 Å². The fourth-order valence-electron chi connectivity index (χ4n) is 2.90. The second-order valence-corrected chi connectivity index (χ2v) is 5.94. The van der Waals surface area contributed by atoms with Gasteiger partial charge in [0.25, 0.3) is 5.91 Å². The number of amides is 1. The van der Waals surface area contributed by atoms with E-state index in [0.29, 0.717) is 12.3 Å². The SMILES string of the molecule is Cc1cc(C)cc(NC(=O)COC(=O)CC2CCCC2)c1. The molecule has 0 heterocycles. The van der Waals surface area contributed by atoms with E-state index < -0.39 is 0 Å². The molecular formula is C17H23NO3. The van der Waals surface area contributed by atoms with E-state index in [1.54, 1.807) is 0 Å². The van der Waals surface area contributed by atoms with Crippen molar-refractivity contribution in [2.75, 3.05) is 11.9 Å². The van der Waals surface area contributed by atoms with Crippen molar-refractivity contribution in [1.82, 2.24) is 0 Å². The van der Waals surface area contributed by atoms with Crippen molar-refractivity contribution < 1.29 is 14.3 Å². The molecule has 0 saturated heterocycles. The smallest absolute Gasteiger partial charge is 0.306 e. The molecule has 4 heteroatoms. The lowest BCUT2D eigenvalue weighted by atomic mass is 10.1. The number of benzene rings is 1. The van der Waals surface area contributed by atoms with Crippen molar-refractivity contribution in [1.29, 1.82) is 0 Å². The molecule has 1 aliphatic rings. The Morgan fingerprint density at radius 3 is 2.38 bits per heavy atom. The molecule has 0 aromatic heterocycles. The first kappa shape index (κ1) is 15.5. The molecule has 0 unspecified atom stereocenters.